The van der Waals surface area contributed by atoms with Crippen molar-refractivity contribution in [3.05, 3.63) is 0 Å². The van der Waals surface area contributed by atoms with Gasteiger partial charge in [-0.25, -0.2) is 0 Å². The smallest absolute Gasteiger partial charge is 0.306 e. The number of aliphatic hydroxyl groups excluding tert-OH is 1. The van der Waals surface area contributed by atoms with Gasteiger partial charge in [-0.15, -0.1) is 0 Å². The molecule has 0 saturated heterocycles. The third kappa shape index (κ3) is 32.8. The molecule has 0 unspecified atom stereocenters. The molecule has 0 fully saturated rings. The molecule has 46 heavy (non-hydrogen) atoms. The minimum absolute atomic E-state index is 0.0374. The van der Waals surface area contributed by atoms with E-state index in [1.165, 1.54) is 116 Å². The van der Waals surface area contributed by atoms with Crippen LogP contribution in [0.2, 0.25) is 0 Å². The first-order valence-electron chi connectivity index (χ1n) is 20.3. The number of rotatable bonds is 37. The van der Waals surface area contributed by atoms with Crippen molar-refractivity contribution in [2.24, 2.45) is 0 Å². The van der Waals surface area contributed by atoms with Gasteiger partial charge in [-0.05, 0) is 64.5 Å². The van der Waals surface area contributed by atoms with Gasteiger partial charge in [0.2, 0.25) is 0 Å². The molecule has 0 amide bonds. The zero-order valence-electron chi connectivity index (χ0n) is 31.1. The summed E-state index contributed by atoms with van der Waals surface area (Å²) >= 11 is 0. The van der Waals surface area contributed by atoms with Crippen LogP contribution in [0.25, 0.3) is 0 Å². The fourth-order valence-electron chi connectivity index (χ4n) is 6.19. The second-order valence-corrected chi connectivity index (χ2v) is 13.8. The molecule has 274 valence electrons. The van der Waals surface area contributed by atoms with Crippen LogP contribution >= 0.6 is 0 Å². The lowest BCUT2D eigenvalue weighted by Gasteiger charge is -2.22. The zero-order chi connectivity index (χ0) is 33.8. The van der Waals surface area contributed by atoms with E-state index in [2.05, 4.69) is 25.7 Å². The van der Waals surface area contributed by atoms with Crippen molar-refractivity contribution in [3.63, 3.8) is 0 Å². The lowest BCUT2D eigenvalue weighted by atomic mass is 10.0. The maximum absolute atomic E-state index is 12.8. The normalized spacial score (nSPS) is 11.5. The van der Waals surface area contributed by atoms with E-state index >= 15 is 0 Å². The van der Waals surface area contributed by atoms with Crippen molar-refractivity contribution in [2.45, 2.75) is 213 Å². The van der Waals surface area contributed by atoms with Crippen LogP contribution in [0, 0.1) is 0 Å². The Morgan fingerprint density at radius 2 is 0.935 bits per heavy atom. The highest BCUT2D eigenvalue weighted by Crippen LogP contribution is 2.18. The summed E-state index contributed by atoms with van der Waals surface area (Å²) in [5, 5.41) is 9.56. The van der Waals surface area contributed by atoms with Gasteiger partial charge < -0.3 is 19.5 Å². The van der Waals surface area contributed by atoms with Crippen LogP contribution in [0.15, 0.2) is 0 Å². The fraction of sp³-hybridized carbons (Fsp3) is 0.950. The quantitative estimate of drug-likeness (QED) is 0.0531. The average Bonchev–Trinajstić information content (AvgIpc) is 3.04. The summed E-state index contributed by atoms with van der Waals surface area (Å²) in [6, 6.07) is 0. The molecule has 0 bridgehead atoms. The molecule has 1 N–H and O–H groups in total. The Morgan fingerprint density at radius 1 is 0.500 bits per heavy atom. The van der Waals surface area contributed by atoms with Gasteiger partial charge in [0, 0.05) is 19.4 Å². The number of hydrogen-bond donors (Lipinski definition) is 1. The number of nitrogens with zero attached hydrogens (tertiary/aromatic N) is 1. The van der Waals surface area contributed by atoms with E-state index in [1.54, 1.807) is 0 Å². The second-order valence-electron chi connectivity index (χ2n) is 13.8. The van der Waals surface area contributed by atoms with Crippen molar-refractivity contribution < 1.29 is 24.2 Å². The first kappa shape index (κ1) is 44.9. The van der Waals surface area contributed by atoms with E-state index in [9.17, 15) is 14.7 Å². The van der Waals surface area contributed by atoms with Gasteiger partial charge in [-0.2, -0.15) is 0 Å². The molecule has 0 spiro atoms. The topological polar surface area (TPSA) is 76.1 Å². The summed E-state index contributed by atoms with van der Waals surface area (Å²) in [5.74, 6) is -0.0789. The highest BCUT2D eigenvalue weighted by molar-refractivity contribution is 5.69. The monoisotopic (exact) mass is 654 g/mol. The lowest BCUT2D eigenvalue weighted by Crippen LogP contribution is -2.29. The highest BCUT2D eigenvalue weighted by Gasteiger charge is 2.15. The molecule has 0 rings (SSSR count). The summed E-state index contributed by atoms with van der Waals surface area (Å²) < 4.78 is 11.3. The molecule has 6 nitrogen and oxygen atoms in total. The SMILES string of the molecule is CCCCCCCCCC(CCCCCCCCC)OC(=O)CCCN(CCO)CCCCCCCCCC(=O)OCCCCC. The van der Waals surface area contributed by atoms with Crippen LogP contribution in [0.4, 0.5) is 0 Å². The number of aliphatic hydroxyl groups is 1. The molecule has 0 aromatic carbocycles. The third-order valence-electron chi connectivity index (χ3n) is 9.20. The maximum Gasteiger partial charge on any atom is 0.306 e. The molecular formula is C40H79NO5. The van der Waals surface area contributed by atoms with Crippen LogP contribution in [-0.2, 0) is 19.1 Å². The van der Waals surface area contributed by atoms with Crippen LogP contribution in [0.5, 0.6) is 0 Å². The van der Waals surface area contributed by atoms with Gasteiger partial charge in [0.1, 0.15) is 6.10 Å². The summed E-state index contributed by atoms with van der Waals surface area (Å²) in [4.78, 5) is 26.9. The maximum atomic E-state index is 12.8. The van der Waals surface area contributed by atoms with Crippen molar-refractivity contribution in [3.8, 4) is 0 Å². The number of carbonyl (C=O) groups is 2. The van der Waals surface area contributed by atoms with Gasteiger partial charge in [0.05, 0.1) is 13.2 Å². The third-order valence-corrected chi connectivity index (χ3v) is 9.20. The fourth-order valence-corrected chi connectivity index (χ4v) is 6.19. The van der Waals surface area contributed by atoms with E-state index < -0.39 is 0 Å². The standard InChI is InChI=1S/C40H79NO5/c1-4-7-10-12-15-19-23-29-38(30-24-20-16-13-11-8-5-2)46-40(44)32-28-34-41(35-36-42)33-26-22-18-14-17-21-25-31-39(43)45-37-27-9-6-3/h38,42H,4-37H2,1-3H3. The predicted molar refractivity (Wildman–Crippen MR) is 195 cm³/mol. The number of esters is 2. The van der Waals surface area contributed by atoms with Gasteiger partial charge >= 0.3 is 11.9 Å². The molecule has 0 aliphatic carbocycles. The van der Waals surface area contributed by atoms with Gasteiger partial charge in [0.15, 0.2) is 0 Å². The Bertz CT molecular complexity index is 625. The Balaban J connectivity index is 4.17. The largest absolute Gasteiger partial charge is 0.466 e. The predicted octanol–water partition coefficient (Wildman–Crippen LogP) is 11.1. The van der Waals surface area contributed by atoms with Gasteiger partial charge in [-0.3, -0.25) is 9.59 Å². The zero-order valence-corrected chi connectivity index (χ0v) is 31.1. The molecule has 0 aromatic heterocycles. The highest BCUT2D eigenvalue weighted by atomic mass is 16.5. The van der Waals surface area contributed by atoms with Crippen LogP contribution in [0.3, 0.4) is 0 Å². The molecule has 0 aliphatic rings. The van der Waals surface area contributed by atoms with Crippen molar-refractivity contribution in [1.29, 1.82) is 0 Å². The van der Waals surface area contributed by atoms with Crippen LogP contribution in [-0.4, -0.2) is 60.9 Å². The van der Waals surface area contributed by atoms with E-state index in [4.69, 9.17) is 9.47 Å². The minimum Gasteiger partial charge on any atom is -0.466 e. The minimum atomic E-state index is -0.0415. The number of carbonyl (C=O) groups excluding carboxylic acids is 2. The van der Waals surface area contributed by atoms with Crippen molar-refractivity contribution >= 4 is 11.9 Å². The Kier molecular flexibility index (Phi) is 35.8. The van der Waals surface area contributed by atoms with E-state index in [0.29, 0.717) is 26.0 Å². The van der Waals surface area contributed by atoms with Crippen LogP contribution < -0.4 is 0 Å². The Labute approximate surface area is 286 Å². The van der Waals surface area contributed by atoms with Gasteiger partial charge in [-0.1, -0.05) is 143 Å². The van der Waals surface area contributed by atoms with Crippen molar-refractivity contribution in [2.75, 3.05) is 32.8 Å². The number of unbranched alkanes of at least 4 members (excludes halogenated alkanes) is 20. The molecule has 0 aliphatic heterocycles. The van der Waals surface area contributed by atoms with E-state index in [0.717, 1.165) is 70.9 Å². The van der Waals surface area contributed by atoms with Crippen molar-refractivity contribution in [1.82, 2.24) is 4.90 Å². The molecule has 0 radical (unpaired) electrons. The molecule has 0 saturated carbocycles. The Hall–Kier alpha value is -1.14. The summed E-state index contributed by atoms with van der Waals surface area (Å²) in [6.07, 6.45) is 33.1. The van der Waals surface area contributed by atoms with E-state index in [-0.39, 0.29) is 24.6 Å². The number of ether oxygens (including phenoxy) is 2. The first-order chi connectivity index (χ1) is 22.6. The van der Waals surface area contributed by atoms with Gasteiger partial charge in [0.25, 0.3) is 0 Å². The van der Waals surface area contributed by atoms with Crippen LogP contribution in [0.1, 0.15) is 207 Å². The molecule has 0 heterocycles. The lowest BCUT2D eigenvalue weighted by molar-refractivity contribution is -0.150. The van der Waals surface area contributed by atoms with E-state index in [1.807, 2.05) is 0 Å². The average molecular weight is 654 g/mol. The molecule has 0 atom stereocenters. The second kappa shape index (κ2) is 36.7. The molecular weight excluding hydrogens is 574 g/mol. The molecule has 6 heteroatoms. The number of hydrogen-bond acceptors (Lipinski definition) is 6. The first-order valence-corrected chi connectivity index (χ1v) is 20.3. The summed E-state index contributed by atoms with van der Waals surface area (Å²) in [5.41, 5.74) is 0. The Morgan fingerprint density at radius 3 is 1.48 bits per heavy atom. The summed E-state index contributed by atoms with van der Waals surface area (Å²) in [7, 11) is 0. The molecule has 0 aromatic rings. The summed E-state index contributed by atoms with van der Waals surface area (Å²) in [6.45, 7) is 9.88.